The lowest BCUT2D eigenvalue weighted by atomic mass is 10.0. The fourth-order valence-corrected chi connectivity index (χ4v) is 3.05. The minimum atomic E-state index is 0.513. The van der Waals surface area contributed by atoms with E-state index in [-0.39, 0.29) is 0 Å². The maximum atomic E-state index is 11.0. The first-order valence-electron chi connectivity index (χ1n) is 9.26. The number of carbonyl (C=O) groups excluding carboxylic acids is 3. The van der Waals surface area contributed by atoms with Crippen molar-refractivity contribution in [1.82, 2.24) is 9.97 Å². The van der Waals surface area contributed by atoms with Gasteiger partial charge in [-0.1, -0.05) is 72.8 Å². The number of rotatable bonds is 6. The summed E-state index contributed by atoms with van der Waals surface area (Å²) in [7, 11) is 0. The molecule has 3 aromatic carbocycles. The normalized spacial score (nSPS) is 10.4. The fraction of sp³-hybridized carbons (Fsp3) is 0. The third kappa shape index (κ3) is 3.95. The highest BCUT2D eigenvalue weighted by atomic mass is 16.1. The number of benzene rings is 3. The van der Waals surface area contributed by atoms with Crippen LogP contribution in [0.15, 0.2) is 78.9 Å². The molecule has 0 atom stereocenters. The van der Waals surface area contributed by atoms with E-state index in [9.17, 15) is 14.4 Å². The molecule has 0 radical (unpaired) electrons. The molecule has 5 nitrogen and oxygen atoms in total. The van der Waals surface area contributed by atoms with E-state index in [1.807, 2.05) is 30.3 Å². The number of hydrogen-bond donors (Lipinski definition) is 0. The molecule has 0 saturated carbocycles. The van der Waals surface area contributed by atoms with Gasteiger partial charge in [0, 0.05) is 33.4 Å². The highest BCUT2D eigenvalue weighted by Gasteiger charge is 2.11. The second kappa shape index (κ2) is 8.41. The van der Waals surface area contributed by atoms with Crippen molar-refractivity contribution in [1.29, 1.82) is 0 Å². The van der Waals surface area contributed by atoms with Crippen molar-refractivity contribution in [3.05, 3.63) is 95.6 Å². The van der Waals surface area contributed by atoms with Gasteiger partial charge in [0.2, 0.25) is 0 Å². The number of aldehydes is 3. The molecule has 5 heteroatoms. The Morgan fingerprint density at radius 1 is 0.467 bits per heavy atom. The second-order valence-corrected chi connectivity index (χ2v) is 6.68. The quantitative estimate of drug-likeness (QED) is 0.436. The first-order chi connectivity index (χ1) is 14.7. The fourth-order valence-electron chi connectivity index (χ4n) is 3.05. The molecule has 0 amide bonds. The van der Waals surface area contributed by atoms with Gasteiger partial charge in [-0.2, -0.15) is 0 Å². The van der Waals surface area contributed by atoms with Crippen molar-refractivity contribution in [2.75, 3.05) is 0 Å². The predicted octanol–water partition coefficient (Wildman–Crippen LogP) is 4.92. The Labute approximate surface area is 173 Å². The van der Waals surface area contributed by atoms with Crippen molar-refractivity contribution >= 4 is 18.9 Å². The summed E-state index contributed by atoms with van der Waals surface area (Å²) in [5, 5.41) is 0. The lowest BCUT2D eigenvalue weighted by Gasteiger charge is -2.10. The Bertz CT molecular complexity index is 1040. The maximum Gasteiger partial charge on any atom is 0.160 e. The molecule has 4 rings (SSSR count). The van der Waals surface area contributed by atoms with Crippen molar-refractivity contribution in [2.45, 2.75) is 0 Å². The molecule has 0 saturated heterocycles. The minimum absolute atomic E-state index is 0.513. The molecule has 0 N–H and O–H groups in total. The van der Waals surface area contributed by atoms with Crippen molar-refractivity contribution in [3.8, 4) is 33.9 Å². The molecule has 30 heavy (non-hydrogen) atoms. The van der Waals surface area contributed by atoms with Gasteiger partial charge >= 0.3 is 0 Å². The van der Waals surface area contributed by atoms with E-state index < -0.39 is 0 Å². The Balaban J connectivity index is 1.86. The van der Waals surface area contributed by atoms with Gasteiger partial charge in [-0.15, -0.1) is 0 Å². The van der Waals surface area contributed by atoms with Crippen LogP contribution in [0.25, 0.3) is 33.9 Å². The van der Waals surface area contributed by atoms with Gasteiger partial charge in [0.15, 0.2) is 5.82 Å². The maximum absolute atomic E-state index is 11.0. The van der Waals surface area contributed by atoms with E-state index >= 15 is 0 Å². The average Bonchev–Trinajstić information content (AvgIpc) is 2.84. The van der Waals surface area contributed by atoms with Crippen LogP contribution in [-0.2, 0) is 0 Å². The zero-order chi connectivity index (χ0) is 20.9. The Kier molecular flexibility index (Phi) is 5.35. The van der Waals surface area contributed by atoms with Crippen LogP contribution in [0.3, 0.4) is 0 Å². The largest absolute Gasteiger partial charge is 0.298 e. The molecule has 0 aliphatic rings. The van der Waals surface area contributed by atoms with Gasteiger partial charge in [-0.3, -0.25) is 14.4 Å². The van der Waals surface area contributed by atoms with Crippen LogP contribution in [-0.4, -0.2) is 28.8 Å². The molecule has 0 bridgehead atoms. The molecule has 4 aromatic rings. The number of hydrogen-bond acceptors (Lipinski definition) is 5. The Morgan fingerprint density at radius 3 is 1.13 bits per heavy atom. The van der Waals surface area contributed by atoms with Gasteiger partial charge in [-0.05, 0) is 6.07 Å². The first kappa shape index (κ1) is 19.1. The Morgan fingerprint density at radius 2 is 0.800 bits per heavy atom. The number of aromatic nitrogens is 2. The highest BCUT2D eigenvalue weighted by molar-refractivity contribution is 5.80. The first-order valence-corrected chi connectivity index (χ1v) is 9.26. The average molecular weight is 392 g/mol. The van der Waals surface area contributed by atoms with E-state index in [4.69, 9.17) is 9.97 Å². The van der Waals surface area contributed by atoms with Crippen molar-refractivity contribution in [3.63, 3.8) is 0 Å². The van der Waals surface area contributed by atoms with E-state index in [2.05, 4.69) is 0 Å². The zero-order valence-electron chi connectivity index (χ0n) is 15.9. The van der Waals surface area contributed by atoms with Crippen molar-refractivity contribution < 1.29 is 14.4 Å². The summed E-state index contributed by atoms with van der Waals surface area (Å²) in [5.41, 5.74) is 5.61. The monoisotopic (exact) mass is 392 g/mol. The highest BCUT2D eigenvalue weighted by Crippen LogP contribution is 2.28. The summed E-state index contributed by atoms with van der Waals surface area (Å²) in [6.07, 6.45) is 2.38. The van der Waals surface area contributed by atoms with Gasteiger partial charge in [0.1, 0.15) is 18.9 Å². The zero-order valence-corrected chi connectivity index (χ0v) is 15.9. The van der Waals surface area contributed by atoms with Crippen LogP contribution in [0.1, 0.15) is 31.1 Å². The molecular formula is C25H16N2O3. The summed E-state index contributed by atoms with van der Waals surface area (Å²) in [6.45, 7) is 0. The molecule has 144 valence electrons. The van der Waals surface area contributed by atoms with E-state index in [1.165, 1.54) is 0 Å². The lowest BCUT2D eigenvalue weighted by Crippen LogP contribution is -1.96. The van der Waals surface area contributed by atoms with E-state index in [1.54, 1.807) is 48.5 Å². The molecule has 0 fully saturated rings. The summed E-state index contributed by atoms with van der Waals surface area (Å²) in [5.74, 6) is 0.513. The number of carbonyl (C=O) groups is 3. The summed E-state index contributed by atoms with van der Waals surface area (Å²) < 4.78 is 0. The van der Waals surface area contributed by atoms with E-state index in [0.29, 0.717) is 33.9 Å². The van der Waals surface area contributed by atoms with Crippen molar-refractivity contribution in [2.24, 2.45) is 0 Å². The smallest absolute Gasteiger partial charge is 0.160 e. The van der Waals surface area contributed by atoms with Crippen LogP contribution >= 0.6 is 0 Å². The standard InChI is InChI=1S/C25H16N2O3/c28-14-17-1-7-20(8-2-17)23-13-24(21-9-3-18(15-29)4-10-21)27-25(26-23)22-11-5-19(16-30)6-12-22/h1-16H. The predicted molar refractivity (Wildman–Crippen MR) is 115 cm³/mol. The van der Waals surface area contributed by atoms with Crippen LogP contribution in [0, 0.1) is 0 Å². The van der Waals surface area contributed by atoms with E-state index in [0.717, 1.165) is 35.5 Å². The van der Waals surface area contributed by atoms with Crippen LogP contribution in [0.5, 0.6) is 0 Å². The third-order valence-corrected chi connectivity index (χ3v) is 4.72. The van der Waals surface area contributed by atoms with Crippen LogP contribution in [0.4, 0.5) is 0 Å². The molecule has 0 aliphatic carbocycles. The van der Waals surface area contributed by atoms with Crippen LogP contribution < -0.4 is 0 Å². The molecule has 1 aromatic heterocycles. The summed E-state index contributed by atoms with van der Waals surface area (Å²) >= 11 is 0. The molecule has 0 aliphatic heterocycles. The lowest BCUT2D eigenvalue weighted by molar-refractivity contribution is 0.111. The SMILES string of the molecule is O=Cc1ccc(-c2cc(-c3ccc(C=O)cc3)nc(-c3ccc(C=O)cc3)n2)cc1. The Hall–Kier alpha value is -4.25. The van der Waals surface area contributed by atoms with Gasteiger partial charge < -0.3 is 0 Å². The molecule has 1 heterocycles. The molecular weight excluding hydrogens is 376 g/mol. The minimum Gasteiger partial charge on any atom is -0.298 e. The van der Waals surface area contributed by atoms with Gasteiger partial charge in [0.25, 0.3) is 0 Å². The third-order valence-electron chi connectivity index (χ3n) is 4.72. The van der Waals surface area contributed by atoms with Gasteiger partial charge in [0.05, 0.1) is 11.4 Å². The summed E-state index contributed by atoms with van der Waals surface area (Å²) in [6, 6.07) is 23.2. The molecule has 0 unspecified atom stereocenters. The molecule has 0 spiro atoms. The topological polar surface area (TPSA) is 77.0 Å². The van der Waals surface area contributed by atoms with Crippen LogP contribution in [0.2, 0.25) is 0 Å². The van der Waals surface area contributed by atoms with Gasteiger partial charge in [-0.25, -0.2) is 9.97 Å². The summed E-state index contributed by atoms with van der Waals surface area (Å²) in [4.78, 5) is 42.3. The number of nitrogens with zero attached hydrogens (tertiary/aromatic N) is 2. The second-order valence-electron chi connectivity index (χ2n) is 6.68.